The van der Waals surface area contributed by atoms with Crippen molar-refractivity contribution >= 4 is 23.2 Å². The zero-order valence-electron chi connectivity index (χ0n) is 13.5. The molecule has 1 aromatic rings. The SMILES string of the molecule is CCCCCC(=O)Nc1ccc(NC(=O)C(C)(C)C)cc1. The minimum absolute atomic E-state index is 0.0288. The third kappa shape index (κ3) is 6.43. The van der Waals surface area contributed by atoms with Crippen LogP contribution in [0.3, 0.4) is 0 Å². The summed E-state index contributed by atoms with van der Waals surface area (Å²) in [7, 11) is 0. The van der Waals surface area contributed by atoms with E-state index in [0.29, 0.717) is 6.42 Å². The second-order valence-corrected chi connectivity index (χ2v) is 6.29. The largest absolute Gasteiger partial charge is 0.326 e. The summed E-state index contributed by atoms with van der Waals surface area (Å²) in [5, 5.41) is 5.71. The van der Waals surface area contributed by atoms with E-state index in [1.807, 2.05) is 20.8 Å². The van der Waals surface area contributed by atoms with Crippen LogP contribution in [0.15, 0.2) is 24.3 Å². The van der Waals surface area contributed by atoms with Gasteiger partial charge in [-0.25, -0.2) is 0 Å². The van der Waals surface area contributed by atoms with Crippen molar-refractivity contribution in [1.29, 1.82) is 0 Å². The van der Waals surface area contributed by atoms with Crippen molar-refractivity contribution in [2.45, 2.75) is 53.4 Å². The Morgan fingerprint density at radius 2 is 1.48 bits per heavy atom. The molecule has 4 heteroatoms. The Morgan fingerprint density at radius 1 is 0.952 bits per heavy atom. The number of hydrogen-bond acceptors (Lipinski definition) is 2. The van der Waals surface area contributed by atoms with Crippen LogP contribution < -0.4 is 10.6 Å². The molecule has 21 heavy (non-hydrogen) atoms. The molecular formula is C17H26N2O2. The zero-order chi connectivity index (χ0) is 15.9. The molecule has 0 fully saturated rings. The molecule has 0 radical (unpaired) electrons. The van der Waals surface area contributed by atoms with Gasteiger partial charge in [0.05, 0.1) is 0 Å². The number of unbranched alkanes of at least 4 members (excludes halogenated alkanes) is 2. The summed E-state index contributed by atoms with van der Waals surface area (Å²) < 4.78 is 0. The van der Waals surface area contributed by atoms with Crippen LogP contribution in [0.25, 0.3) is 0 Å². The van der Waals surface area contributed by atoms with Gasteiger partial charge in [-0.1, -0.05) is 40.5 Å². The Hall–Kier alpha value is -1.84. The lowest BCUT2D eigenvalue weighted by Gasteiger charge is -2.17. The van der Waals surface area contributed by atoms with E-state index in [-0.39, 0.29) is 11.8 Å². The van der Waals surface area contributed by atoms with Crippen molar-refractivity contribution in [3.8, 4) is 0 Å². The van der Waals surface area contributed by atoms with Gasteiger partial charge in [-0.3, -0.25) is 9.59 Å². The average molecular weight is 290 g/mol. The number of amides is 2. The lowest BCUT2D eigenvalue weighted by molar-refractivity contribution is -0.123. The Labute approximate surface area is 127 Å². The highest BCUT2D eigenvalue weighted by Crippen LogP contribution is 2.19. The van der Waals surface area contributed by atoms with Gasteiger partial charge in [-0.05, 0) is 30.7 Å². The number of rotatable bonds is 6. The molecule has 0 aromatic heterocycles. The Bertz CT molecular complexity index is 473. The highest BCUT2D eigenvalue weighted by atomic mass is 16.2. The summed E-state index contributed by atoms with van der Waals surface area (Å²) in [6, 6.07) is 7.20. The lowest BCUT2D eigenvalue weighted by atomic mass is 9.95. The van der Waals surface area contributed by atoms with E-state index < -0.39 is 5.41 Å². The third-order valence-corrected chi connectivity index (χ3v) is 3.12. The topological polar surface area (TPSA) is 58.2 Å². The van der Waals surface area contributed by atoms with Crippen molar-refractivity contribution in [2.75, 3.05) is 10.6 Å². The molecule has 0 aliphatic rings. The summed E-state index contributed by atoms with van der Waals surface area (Å²) in [4.78, 5) is 23.6. The minimum atomic E-state index is -0.424. The Balaban J connectivity index is 2.50. The fourth-order valence-corrected chi connectivity index (χ4v) is 1.71. The minimum Gasteiger partial charge on any atom is -0.326 e. The molecule has 0 spiro atoms. The molecule has 2 amide bonds. The summed E-state index contributed by atoms with van der Waals surface area (Å²) in [6.07, 6.45) is 3.65. The van der Waals surface area contributed by atoms with Crippen molar-refractivity contribution in [2.24, 2.45) is 5.41 Å². The summed E-state index contributed by atoms with van der Waals surface area (Å²) >= 11 is 0. The van der Waals surface area contributed by atoms with Crippen LogP contribution >= 0.6 is 0 Å². The number of hydrogen-bond donors (Lipinski definition) is 2. The van der Waals surface area contributed by atoms with Crippen LogP contribution in [0, 0.1) is 5.41 Å². The first kappa shape index (κ1) is 17.2. The molecule has 0 unspecified atom stereocenters. The van der Waals surface area contributed by atoms with Gasteiger partial charge < -0.3 is 10.6 Å². The first-order valence-electron chi connectivity index (χ1n) is 7.54. The van der Waals surface area contributed by atoms with Gasteiger partial charge in [0.2, 0.25) is 11.8 Å². The highest BCUT2D eigenvalue weighted by molar-refractivity contribution is 5.95. The Morgan fingerprint density at radius 3 is 1.95 bits per heavy atom. The van der Waals surface area contributed by atoms with E-state index in [9.17, 15) is 9.59 Å². The van der Waals surface area contributed by atoms with Gasteiger partial charge in [-0.15, -0.1) is 0 Å². The predicted molar refractivity (Wildman–Crippen MR) is 87.3 cm³/mol. The van der Waals surface area contributed by atoms with E-state index in [2.05, 4.69) is 17.6 Å². The molecule has 0 aliphatic heterocycles. The van der Waals surface area contributed by atoms with Gasteiger partial charge in [0.1, 0.15) is 0 Å². The smallest absolute Gasteiger partial charge is 0.229 e. The van der Waals surface area contributed by atoms with Gasteiger partial charge in [-0.2, -0.15) is 0 Å². The maximum Gasteiger partial charge on any atom is 0.229 e. The quantitative estimate of drug-likeness (QED) is 0.772. The van der Waals surface area contributed by atoms with Crippen molar-refractivity contribution in [1.82, 2.24) is 0 Å². The van der Waals surface area contributed by atoms with Gasteiger partial charge in [0, 0.05) is 23.2 Å². The summed E-state index contributed by atoms with van der Waals surface area (Å²) in [5.74, 6) is 0.00813. The molecule has 0 atom stereocenters. The molecule has 1 aromatic carbocycles. The number of nitrogens with one attached hydrogen (secondary N) is 2. The van der Waals surface area contributed by atoms with E-state index in [1.165, 1.54) is 0 Å². The zero-order valence-corrected chi connectivity index (χ0v) is 13.5. The highest BCUT2D eigenvalue weighted by Gasteiger charge is 2.20. The van der Waals surface area contributed by atoms with Crippen LogP contribution in [-0.4, -0.2) is 11.8 Å². The molecule has 0 aliphatic carbocycles. The van der Waals surface area contributed by atoms with Crippen LogP contribution in [-0.2, 0) is 9.59 Å². The van der Waals surface area contributed by atoms with Gasteiger partial charge >= 0.3 is 0 Å². The Kier molecular flexibility index (Phi) is 6.40. The van der Waals surface area contributed by atoms with Gasteiger partial charge in [0.25, 0.3) is 0 Å². The molecule has 0 heterocycles. The fraction of sp³-hybridized carbons (Fsp3) is 0.529. The predicted octanol–water partition coefficient (Wildman–Crippen LogP) is 4.19. The van der Waals surface area contributed by atoms with E-state index in [0.717, 1.165) is 30.6 Å². The fourth-order valence-electron chi connectivity index (χ4n) is 1.71. The molecular weight excluding hydrogens is 264 g/mol. The molecule has 1 rings (SSSR count). The third-order valence-electron chi connectivity index (χ3n) is 3.12. The van der Waals surface area contributed by atoms with E-state index in [1.54, 1.807) is 24.3 Å². The van der Waals surface area contributed by atoms with Crippen LogP contribution in [0.4, 0.5) is 11.4 Å². The summed E-state index contributed by atoms with van der Waals surface area (Å²) in [5.41, 5.74) is 1.07. The first-order chi connectivity index (χ1) is 9.82. The number of benzene rings is 1. The standard InChI is InChI=1S/C17H26N2O2/c1-5-6-7-8-15(20)18-13-9-11-14(12-10-13)19-16(21)17(2,3)4/h9-12H,5-8H2,1-4H3,(H,18,20)(H,19,21). The maximum absolute atomic E-state index is 11.9. The molecule has 2 N–H and O–H groups in total. The van der Waals surface area contributed by atoms with E-state index >= 15 is 0 Å². The number of carbonyl (C=O) groups is 2. The van der Waals surface area contributed by atoms with Crippen LogP contribution in [0.2, 0.25) is 0 Å². The van der Waals surface area contributed by atoms with Crippen molar-refractivity contribution < 1.29 is 9.59 Å². The second kappa shape index (κ2) is 7.81. The first-order valence-corrected chi connectivity index (χ1v) is 7.54. The average Bonchev–Trinajstić information content (AvgIpc) is 2.40. The number of carbonyl (C=O) groups excluding carboxylic acids is 2. The molecule has 0 saturated carbocycles. The lowest BCUT2D eigenvalue weighted by Crippen LogP contribution is -2.27. The van der Waals surface area contributed by atoms with Crippen molar-refractivity contribution in [3.05, 3.63) is 24.3 Å². The number of anilines is 2. The monoisotopic (exact) mass is 290 g/mol. The normalized spacial score (nSPS) is 11.0. The second-order valence-electron chi connectivity index (χ2n) is 6.29. The van der Waals surface area contributed by atoms with Crippen LogP contribution in [0.1, 0.15) is 53.4 Å². The van der Waals surface area contributed by atoms with Crippen LogP contribution in [0.5, 0.6) is 0 Å². The van der Waals surface area contributed by atoms with Gasteiger partial charge in [0.15, 0.2) is 0 Å². The summed E-state index contributed by atoms with van der Waals surface area (Å²) in [6.45, 7) is 7.72. The van der Waals surface area contributed by atoms with E-state index in [4.69, 9.17) is 0 Å². The molecule has 0 bridgehead atoms. The maximum atomic E-state index is 11.9. The van der Waals surface area contributed by atoms with Crippen molar-refractivity contribution in [3.63, 3.8) is 0 Å². The molecule has 4 nitrogen and oxygen atoms in total. The molecule has 0 saturated heterocycles. The molecule has 116 valence electrons.